The second-order valence-corrected chi connectivity index (χ2v) is 6.52. The fourth-order valence-electron chi connectivity index (χ4n) is 3.45. The highest BCUT2D eigenvalue weighted by molar-refractivity contribution is 5.35. The van der Waals surface area contributed by atoms with E-state index in [0.717, 1.165) is 63.1 Å². The summed E-state index contributed by atoms with van der Waals surface area (Å²) in [6.07, 6.45) is 7.25. The summed E-state index contributed by atoms with van der Waals surface area (Å²) in [5.41, 5.74) is 0. The molecule has 2 aliphatic rings. The molecule has 0 aromatic carbocycles. The van der Waals surface area contributed by atoms with Crippen LogP contribution in [-0.4, -0.2) is 64.8 Å². The Morgan fingerprint density at radius 2 is 2.08 bits per heavy atom. The zero-order valence-corrected chi connectivity index (χ0v) is 13.9. The summed E-state index contributed by atoms with van der Waals surface area (Å²) >= 11 is 0. The van der Waals surface area contributed by atoms with Crippen molar-refractivity contribution >= 4 is 5.82 Å². The van der Waals surface area contributed by atoms with E-state index in [-0.39, 0.29) is 6.04 Å². The number of anilines is 1. The van der Waals surface area contributed by atoms with Crippen LogP contribution >= 0.6 is 0 Å². The first-order chi connectivity index (χ1) is 11.8. The number of rotatable bonds is 3. The third-order valence-electron chi connectivity index (χ3n) is 4.98. The lowest BCUT2D eigenvalue weighted by atomic mass is 9.97. The van der Waals surface area contributed by atoms with E-state index in [1.807, 2.05) is 6.20 Å². The molecule has 0 spiro atoms. The van der Waals surface area contributed by atoms with Gasteiger partial charge in [0.15, 0.2) is 5.82 Å². The molecule has 1 unspecified atom stereocenters. The van der Waals surface area contributed by atoms with E-state index < -0.39 is 0 Å². The van der Waals surface area contributed by atoms with Crippen molar-refractivity contribution in [2.75, 3.05) is 44.7 Å². The quantitative estimate of drug-likeness (QED) is 0.886. The summed E-state index contributed by atoms with van der Waals surface area (Å²) in [6.45, 7) is 4.77. The minimum atomic E-state index is 0.205. The van der Waals surface area contributed by atoms with Crippen LogP contribution in [0.25, 0.3) is 0 Å². The molecule has 4 heterocycles. The van der Waals surface area contributed by atoms with Gasteiger partial charge in [-0.1, -0.05) is 5.16 Å². The van der Waals surface area contributed by atoms with Crippen LogP contribution in [-0.2, 0) is 0 Å². The Labute approximate surface area is 141 Å². The minimum absolute atomic E-state index is 0.205. The molecule has 0 radical (unpaired) electrons. The Morgan fingerprint density at radius 1 is 1.21 bits per heavy atom. The molecule has 2 aromatic rings. The van der Waals surface area contributed by atoms with Crippen molar-refractivity contribution in [1.29, 1.82) is 0 Å². The molecule has 0 amide bonds. The first-order valence-corrected chi connectivity index (χ1v) is 8.56. The molecule has 0 saturated carbocycles. The van der Waals surface area contributed by atoms with Crippen LogP contribution in [0.5, 0.6) is 0 Å². The number of nitrogens with zero attached hydrogens (tertiary/aromatic N) is 6. The molecule has 0 bridgehead atoms. The monoisotopic (exact) mass is 329 g/mol. The normalized spacial score (nSPS) is 23.5. The smallest absolute Gasteiger partial charge is 0.229 e. The van der Waals surface area contributed by atoms with Crippen LogP contribution < -0.4 is 10.2 Å². The van der Waals surface area contributed by atoms with E-state index in [1.165, 1.54) is 0 Å². The maximum atomic E-state index is 5.58. The summed E-state index contributed by atoms with van der Waals surface area (Å²) in [4.78, 5) is 17.8. The van der Waals surface area contributed by atoms with Crippen molar-refractivity contribution in [3.05, 3.63) is 30.3 Å². The Hall–Kier alpha value is -2.06. The van der Waals surface area contributed by atoms with Crippen molar-refractivity contribution in [3.8, 4) is 0 Å². The number of likely N-dealkylation sites (N-methyl/N-ethyl adjacent to an activating group) is 1. The van der Waals surface area contributed by atoms with Crippen LogP contribution in [0.4, 0.5) is 5.82 Å². The highest BCUT2D eigenvalue weighted by Crippen LogP contribution is 2.29. The molecule has 24 heavy (non-hydrogen) atoms. The molecule has 8 heteroatoms. The number of piperazine rings is 1. The average molecular weight is 329 g/mol. The molecule has 2 fully saturated rings. The predicted molar refractivity (Wildman–Crippen MR) is 88.8 cm³/mol. The summed E-state index contributed by atoms with van der Waals surface area (Å²) in [5.74, 6) is 2.86. The molecule has 4 rings (SSSR count). The van der Waals surface area contributed by atoms with Crippen molar-refractivity contribution < 1.29 is 4.52 Å². The Kier molecular flexibility index (Phi) is 4.40. The van der Waals surface area contributed by atoms with E-state index >= 15 is 0 Å². The lowest BCUT2D eigenvalue weighted by molar-refractivity contribution is 0.190. The minimum Gasteiger partial charge on any atom is -0.355 e. The topological polar surface area (TPSA) is 83.2 Å². The van der Waals surface area contributed by atoms with Gasteiger partial charge in [0.25, 0.3) is 0 Å². The fraction of sp³-hybridized carbons (Fsp3) is 0.625. The lowest BCUT2D eigenvalue weighted by Gasteiger charge is -2.31. The molecule has 2 aliphatic heterocycles. The standard InChI is InChI=1S/C16H23N7O/c1-22-9-6-18-10-13(22)15-20-16(24-21-15)12-2-7-23(8-3-12)14-11-17-4-5-19-14/h4-5,11-13,18H,2-3,6-10H2,1H3. The third kappa shape index (κ3) is 3.11. The van der Waals surface area contributed by atoms with Crippen LogP contribution in [0.15, 0.2) is 23.1 Å². The van der Waals surface area contributed by atoms with Gasteiger partial charge in [-0.3, -0.25) is 9.88 Å². The molecule has 2 aromatic heterocycles. The van der Waals surface area contributed by atoms with Crippen molar-refractivity contribution in [2.45, 2.75) is 24.8 Å². The van der Waals surface area contributed by atoms with Gasteiger partial charge in [0, 0.05) is 51.0 Å². The second kappa shape index (κ2) is 6.82. The molecule has 0 aliphatic carbocycles. The highest BCUT2D eigenvalue weighted by atomic mass is 16.5. The number of piperidine rings is 1. The lowest BCUT2D eigenvalue weighted by Crippen LogP contribution is -2.44. The summed E-state index contributed by atoms with van der Waals surface area (Å²) < 4.78 is 5.58. The van der Waals surface area contributed by atoms with Gasteiger partial charge in [-0.05, 0) is 19.9 Å². The SMILES string of the molecule is CN1CCNCC1c1noc(C2CCN(c3cnccn3)CC2)n1. The van der Waals surface area contributed by atoms with E-state index in [9.17, 15) is 0 Å². The van der Waals surface area contributed by atoms with Crippen molar-refractivity contribution in [1.82, 2.24) is 30.3 Å². The molecule has 128 valence electrons. The summed E-state index contributed by atoms with van der Waals surface area (Å²) in [6, 6.07) is 0.205. The molecular weight excluding hydrogens is 306 g/mol. The molecule has 1 N–H and O–H groups in total. The van der Waals surface area contributed by atoms with Crippen LogP contribution in [0, 0.1) is 0 Å². The Balaban J connectivity index is 1.39. The van der Waals surface area contributed by atoms with Crippen molar-refractivity contribution in [3.63, 3.8) is 0 Å². The van der Waals surface area contributed by atoms with Gasteiger partial charge in [0.1, 0.15) is 5.82 Å². The van der Waals surface area contributed by atoms with Gasteiger partial charge in [-0.2, -0.15) is 4.98 Å². The maximum Gasteiger partial charge on any atom is 0.229 e. The van der Waals surface area contributed by atoms with Gasteiger partial charge < -0.3 is 14.7 Å². The zero-order valence-electron chi connectivity index (χ0n) is 13.9. The first kappa shape index (κ1) is 15.5. The molecule has 8 nitrogen and oxygen atoms in total. The number of aromatic nitrogens is 4. The maximum absolute atomic E-state index is 5.58. The summed E-state index contributed by atoms with van der Waals surface area (Å²) in [5, 5.41) is 7.63. The highest BCUT2D eigenvalue weighted by Gasteiger charge is 2.29. The molecule has 2 saturated heterocycles. The van der Waals surface area contributed by atoms with Crippen LogP contribution in [0.2, 0.25) is 0 Å². The second-order valence-electron chi connectivity index (χ2n) is 6.52. The van der Waals surface area contributed by atoms with Gasteiger partial charge >= 0.3 is 0 Å². The molecular formula is C16H23N7O. The first-order valence-electron chi connectivity index (χ1n) is 8.56. The Bertz CT molecular complexity index is 653. The van der Waals surface area contributed by atoms with Crippen LogP contribution in [0.3, 0.4) is 0 Å². The number of hydrogen-bond donors (Lipinski definition) is 1. The number of hydrogen-bond acceptors (Lipinski definition) is 8. The number of nitrogens with one attached hydrogen (secondary N) is 1. The van der Waals surface area contributed by atoms with Gasteiger partial charge in [0.05, 0.1) is 12.2 Å². The Morgan fingerprint density at radius 3 is 2.83 bits per heavy atom. The largest absolute Gasteiger partial charge is 0.355 e. The average Bonchev–Trinajstić information content (AvgIpc) is 3.13. The van der Waals surface area contributed by atoms with E-state index in [4.69, 9.17) is 9.51 Å². The van der Waals surface area contributed by atoms with Gasteiger partial charge in [-0.15, -0.1) is 0 Å². The predicted octanol–water partition coefficient (Wildman–Crippen LogP) is 0.820. The van der Waals surface area contributed by atoms with E-state index in [0.29, 0.717) is 5.92 Å². The zero-order chi connectivity index (χ0) is 16.4. The van der Waals surface area contributed by atoms with Crippen molar-refractivity contribution in [2.24, 2.45) is 0 Å². The van der Waals surface area contributed by atoms with Gasteiger partial charge in [0.2, 0.25) is 5.89 Å². The summed E-state index contributed by atoms with van der Waals surface area (Å²) in [7, 11) is 2.11. The van der Waals surface area contributed by atoms with Gasteiger partial charge in [-0.25, -0.2) is 4.98 Å². The molecule has 1 atom stereocenters. The van der Waals surface area contributed by atoms with E-state index in [2.05, 4.69) is 37.3 Å². The van der Waals surface area contributed by atoms with E-state index in [1.54, 1.807) is 12.4 Å². The third-order valence-corrected chi connectivity index (χ3v) is 4.98. The fourth-order valence-corrected chi connectivity index (χ4v) is 3.45. The van der Waals surface area contributed by atoms with Crippen LogP contribution in [0.1, 0.15) is 36.5 Å².